The Morgan fingerprint density at radius 3 is 2.70 bits per heavy atom. The molecule has 3 aliphatic rings. The van der Waals surface area contributed by atoms with E-state index in [1.165, 1.54) is 0 Å². The second-order valence-corrected chi connectivity index (χ2v) is 6.81. The van der Waals surface area contributed by atoms with E-state index in [0.29, 0.717) is 30.7 Å². The first-order chi connectivity index (χ1) is 9.50. The molecule has 1 aliphatic carbocycles. The van der Waals surface area contributed by atoms with Gasteiger partial charge in [0.05, 0.1) is 5.92 Å². The van der Waals surface area contributed by atoms with E-state index in [0.717, 1.165) is 38.9 Å². The van der Waals surface area contributed by atoms with Crippen LogP contribution in [0.2, 0.25) is 0 Å². The van der Waals surface area contributed by atoms with Crippen molar-refractivity contribution >= 4 is 0 Å². The molecule has 5 heteroatoms. The van der Waals surface area contributed by atoms with Crippen molar-refractivity contribution in [2.45, 2.75) is 57.3 Å². The molecule has 0 aromatic rings. The third kappa shape index (κ3) is 2.59. The quantitative estimate of drug-likeness (QED) is 0.841. The smallest absolute Gasteiger partial charge is 0.316 e. The van der Waals surface area contributed by atoms with Crippen LogP contribution in [0.1, 0.15) is 39.0 Å². The third-order valence-corrected chi connectivity index (χ3v) is 5.75. The number of likely N-dealkylation sites (tertiary alicyclic amines) is 1. The summed E-state index contributed by atoms with van der Waals surface area (Å²) in [5.74, 6) is 0.245. The van der Waals surface area contributed by atoms with Gasteiger partial charge in [-0.1, -0.05) is 13.3 Å². The van der Waals surface area contributed by atoms with E-state index in [1.54, 1.807) is 0 Å². The van der Waals surface area contributed by atoms with Crippen LogP contribution in [0, 0.1) is 17.8 Å². The molecule has 5 atom stereocenters. The first-order valence-electron chi connectivity index (χ1n) is 8.04. The molecular formula is C15H25F3N2. The molecular weight excluding hydrogens is 265 g/mol. The summed E-state index contributed by atoms with van der Waals surface area (Å²) >= 11 is 0. The van der Waals surface area contributed by atoms with Crippen LogP contribution in [0.15, 0.2) is 0 Å². The number of hydrogen-bond acceptors (Lipinski definition) is 2. The second kappa shape index (κ2) is 5.48. The summed E-state index contributed by atoms with van der Waals surface area (Å²) in [5.41, 5.74) is 0. The molecule has 2 heterocycles. The van der Waals surface area contributed by atoms with E-state index in [1.807, 2.05) is 0 Å². The Bertz CT molecular complexity index is 345. The average Bonchev–Trinajstić information content (AvgIpc) is 2.97. The Kier molecular flexibility index (Phi) is 4.01. The fraction of sp³-hybridized carbons (Fsp3) is 1.00. The van der Waals surface area contributed by atoms with E-state index in [9.17, 15) is 13.2 Å². The monoisotopic (exact) mass is 290 g/mol. The molecule has 3 rings (SSSR count). The van der Waals surface area contributed by atoms with E-state index in [-0.39, 0.29) is 6.04 Å². The van der Waals surface area contributed by atoms with Gasteiger partial charge in [-0.2, -0.15) is 13.2 Å². The van der Waals surface area contributed by atoms with Gasteiger partial charge in [-0.3, -0.25) is 4.90 Å². The lowest BCUT2D eigenvalue weighted by atomic mass is 9.84. The van der Waals surface area contributed by atoms with Crippen LogP contribution >= 0.6 is 0 Å². The zero-order valence-corrected chi connectivity index (χ0v) is 12.1. The number of fused-ring (bicyclic) bond motifs is 1. The van der Waals surface area contributed by atoms with Gasteiger partial charge in [0.2, 0.25) is 0 Å². The lowest BCUT2D eigenvalue weighted by Crippen LogP contribution is -2.46. The largest absolute Gasteiger partial charge is 0.391 e. The molecule has 116 valence electrons. The Labute approximate surface area is 119 Å². The van der Waals surface area contributed by atoms with Crippen molar-refractivity contribution in [3.8, 4) is 0 Å². The normalized spacial score (nSPS) is 42.9. The van der Waals surface area contributed by atoms with Gasteiger partial charge in [0.25, 0.3) is 0 Å². The topological polar surface area (TPSA) is 15.3 Å². The third-order valence-electron chi connectivity index (χ3n) is 5.75. The predicted molar refractivity (Wildman–Crippen MR) is 72.4 cm³/mol. The maximum Gasteiger partial charge on any atom is 0.391 e. The molecule has 2 nitrogen and oxygen atoms in total. The van der Waals surface area contributed by atoms with Crippen LogP contribution in [0.25, 0.3) is 0 Å². The van der Waals surface area contributed by atoms with Crippen LogP contribution < -0.4 is 5.32 Å². The molecule has 5 unspecified atom stereocenters. The summed E-state index contributed by atoms with van der Waals surface area (Å²) in [4.78, 5) is 2.44. The summed E-state index contributed by atoms with van der Waals surface area (Å²) in [6, 6.07) is 0.651. The van der Waals surface area contributed by atoms with Gasteiger partial charge in [-0.15, -0.1) is 0 Å². The summed E-state index contributed by atoms with van der Waals surface area (Å²) in [6.07, 6.45) is -0.592. The van der Waals surface area contributed by atoms with Crippen molar-refractivity contribution in [1.29, 1.82) is 0 Å². The SMILES string of the molecule is CCC1C2CNCC2CN1C1CCCC(C(F)(F)F)C1. The Morgan fingerprint density at radius 1 is 1.20 bits per heavy atom. The minimum Gasteiger partial charge on any atom is -0.316 e. The summed E-state index contributed by atoms with van der Waals surface area (Å²) < 4.78 is 38.9. The summed E-state index contributed by atoms with van der Waals surface area (Å²) in [7, 11) is 0. The van der Waals surface area contributed by atoms with Crippen LogP contribution in [0.3, 0.4) is 0 Å². The van der Waals surface area contributed by atoms with Crippen LogP contribution in [-0.2, 0) is 0 Å². The molecule has 0 radical (unpaired) electrons. The molecule has 0 bridgehead atoms. The zero-order chi connectivity index (χ0) is 14.3. The number of alkyl halides is 3. The highest BCUT2D eigenvalue weighted by Crippen LogP contribution is 2.43. The molecule has 0 aromatic carbocycles. The fourth-order valence-electron chi connectivity index (χ4n) is 4.78. The average molecular weight is 290 g/mol. The van der Waals surface area contributed by atoms with Crippen LogP contribution in [0.4, 0.5) is 13.2 Å². The first-order valence-corrected chi connectivity index (χ1v) is 8.04. The van der Waals surface area contributed by atoms with Gasteiger partial charge in [0.15, 0.2) is 0 Å². The minimum absolute atomic E-state index is 0.158. The molecule has 20 heavy (non-hydrogen) atoms. The van der Waals surface area contributed by atoms with E-state index < -0.39 is 12.1 Å². The van der Waals surface area contributed by atoms with Crippen molar-refractivity contribution in [3.63, 3.8) is 0 Å². The number of hydrogen-bond donors (Lipinski definition) is 1. The van der Waals surface area contributed by atoms with E-state index in [2.05, 4.69) is 17.1 Å². The molecule has 3 fully saturated rings. The molecule has 0 amide bonds. The Morgan fingerprint density at radius 2 is 2.00 bits per heavy atom. The maximum atomic E-state index is 13.0. The molecule has 0 aromatic heterocycles. The number of rotatable bonds is 2. The zero-order valence-electron chi connectivity index (χ0n) is 12.1. The standard InChI is InChI=1S/C15H25F3N2/c1-2-14-13-8-19-7-10(13)9-20(14)12-5-3-4-11(6-12)15(16,17)18/h10-14,19H,2-9H2,1H3. The van der Waals surface area contributed by atoms with Gasteiger partial charge in [-0.05, 0) is 50.6 Å². The first kappa shape index (κ1) is 14.6. The van der Waals surface area contributed by atoms with E-state index >= 15 is 0 Å². The highest BCUT2D eigenvalue weighted by Gasteiger charge is 2.49. The lowest BCUT2D eigenvalue weighted by Gasteiger charge is -2.40. The lowest BCUT2D eigenvalue weighted by molar-refractivity contribution is -0.187. The Balaban J connectivity index is 1.69. The Hall–Kier alpha value is -0.290. The van der Waals surface area contributed by atoms with Crippen molar-refractivity contribution in [2.24, 2.45) is 17.8 Å². The van der Waals surface area contributed by atoms with E-state index in [4.69, 9.17) is 0 Å². The van der Waals surface area contributed by atoms with Gasteiger partial charge in [0.1, 0.15) is 0 Å². The molecule has 2 saturated heterocycles. The number of nitrogens with zero attached hydrogens (tertiary/aromatic N) is 1. The van der Waals surface area contributed by atoms with Crippen molar-refractivity contribution in [2.75, 3.05) is 19.6 Å². The van der Waals surface area contributed by atoms with Gasteiger partial charge in [-0.25, -0.2) is 0 Å². The molecule has 1 N–H and O–H groups in total. The van der Waals surface area contributed by atoms with Crippen molar-refractivity contribution in [1.82, 2.24) is 10.2 Å². The summed E-state index contributed by atoms with van der Waals surface area (Å²) in [5, 5.41) is 3.44. The minimum atomic E-state index is -4.00. The van der Waals surface area contributed by atoms with Crippen molar-refractivity contribution < 1.29 is 13.2 Å². The van der Waals surface area contributed by atoms with Gasteiger partial charge < -0.3 is 5.32 Å². The maximum absolute atomic E-state index is 13.0. The fourth-order valence-corrected chi connectivity index (χ4v) is 4.78. The molecule has 0 spiro atoms. The number of nitrogens with one attached hydrogen (secondary N) is 1. The van der Waals surface area contributed by atoms with Gasteiger partial charge in [0, 0.05) is 18.6 Å². The van der Waals surface area contributed by atoms with Crippen LogP contribution in [0.5, 0.6) is 0 Å². The second-order valence-electron chi connectivity index (χ2n) is 6.81. The van der Waals surface area contributed by atoms with Crippen molar-refractivity contribution in [3.05, 3.63) is 0 Å². The van der Waals surface area contributed by atoms with Crippen LogP contribution in [-0.4, -0.2) is 42.8 Å². The van der Waals surface area contributed by atoms with Gasteiger partial charge >= 0.3 is 6.18 Å². The molecule has 1 saturated carbocycles. The highest BCUT2D eigenvalue weighted by atomic mass is 19.4. The number of halogens is 3. The highest BCUT2D eigenvalue weighted by molar-refractivity contribution is 5.01. The molecule has 2 aliphatic heterocycles. The predicted octanol–water partition coefficient (Wildman–Crippen LogP) is 3.04. The summed E-state index contributed by atoms with van der Waals surface area (Å²) in [6.45, 7) is 5.29.